The van der Waals surface area contributed by atoms with Crippen molar-refractivity contribution in [3.05, 3.63) is 18.4 Å². The number of thiazole rings is 1. The van der Waals surface area contributed by atoms with Crippen molar-refractivity contribution in [2.24, 2.45) is 0 Å². The number of nitrogens with one attached hydrogen (secondary N) is 1. The monoisotopic (exact) mass is 306 g/mol. The number of hydrogen-bond acceptors (Lipinski definition) is 6. The van der Waals surface area contributed by atoms with Gasteiger partial charge in [0, 0.05) is 17.6 Å². The molecule has 0 spiro atoms. The third-order valence-electron chi connectivity index (χ3n) is 1.86. The molecular formula is C9H7ClN2O4S2. The standard InChI is InChI=1S/C9H7ClN2O4S2/c1-5(13)11-8-7(6-3-2-4-16-6)12-9(17-8)18(10,14)15/h2-4H,1H3,(H,11,13). The quantitative estimate of drug-likeness (QED) is 0.879. The van der Waals surface area contributed by atoms with E-state index in [1.165, 1.54) is 13.2 Å². The fourth-order valence-corrected chi connectivity index (χ4v) is 3.21. The zero-order chi connectivity index (χ0) is 13.3. The SMILES string of the molecule is CC(=O)Nc1sc(S(=O)(=O)Cl)nc1-c1ccco1. The Labute approximate surface area is 111 Å². The van der Waals surface area contributed by atoms with Crippen molar-refractivity contribution in [3.63, 3.8) is 0 Å². The highest BCUT2D eigenvalue weighted by Crippen LogP contribution is 2.36. The van der Waals surface area contributed by atoms with Gasteiger partial charge < -0.3 is 9.73 Å². The Morgan fingerprint density at radius 3 is 2.78 bits per heavy atom. The van der Waals surface area contributed by atoms with Gasteiger partial charge in [-0.05, 0) is 12.1 Å². The van der Waals surface area contributed by atoms with E-state index in [9.17, 15) is 13.2 Å². The lowest BCUT2D eigenvalue weighted by Gasteiger charge is -1.98. The van der Waals surface area contributed by atoms with Gasteiger partial charge in [0.25, 0.3) is 9.05 Å². The van der Waals surface area contributed by atoms with Crippen LogP contribution in [0.25, 0.3) is 11.5 Å². The van der Waals surface area contributed by atoms with Crippen LogP contribution < -0.4 is 5.32 Å². The average Bonchev–Trinajstić information content (AvgIpc) is 2.81. The average molecular weight is 307 g/mol. The predicted molar refractivity (Wildman–Crippen MR) is 67.2 cm³/mol. The lowest BCUT2D eigenvalue weighted by Crippen LogP contribution is -2.04. The van der Waals surface area contributed by atoms with Crippen molar-refractivity contribution in [2.75, 3.05) is 5.32 Å². The molecule has 0 radical (unpaired) electrons. The molecule has 0 aliphatic carbocycles. The molecule has 1 amide bonds. The van der Waals surface area contributed by atoms with Crippen LogP contribution in [0, 0.1) is 0 Å². The topological polar surface area (TPSA) is 89.3 Å². The Bertz CT molecular complexity index is 675. The summed E-state index contributed by atoms with van der Waals surface area (Å²) < 4.78 is 27.3. The van der Waals surface area contributed by atoms with Crippen molar-refractivity contribution >= 4 is 42.0 Å². The second-order valence-corrected chi connectivity index (χ2v) is 6.99. The lowest BCUT2D eigenvalue weighted by molar-refractivity contribution is -0.114. The number of nitrogens with zero attached hydrogens (tertiary/aromatic N) is 1. The molecule has 2 aromatic rings. The maximum atomic E-state index is 11.2. The first kappa shape index (κ1) is 13.1. The number of aromatic nitrogens is 1. The van der Waals surface area contributed by atoms with Crippen molar-refractivity contribution in [3.8, 4) is 11.5 Å². The molecule has 1 N–H and O–H groups in total. The van der Waals surface area contributed by atoms with Gasteiger partial charge in [0.15, 0.2) is 5.76 Å². The molecule has 6 nitrogen and oxygen atoms in total. The Morgan fingerprint density at radius 2 is 2.28 bits per heavy atom. The molecule has 9 heteroatoms. The molecule has 0 aliphatic rings. The van der Waals surface area contributed by atoms with Gasteiger partial charge in [-0.15, -0.1) is 0 Å². The minimum Gasteiger partial charge on any atom is -0.463 e. The maximum absolute atomic E-state index is 11.2. The Hall–Kier alpha value is -1.38. The summed E-state index contributed by atoms with van der Waals surface area (Å²) in [5, 5.41) is 2.76. The van der Waals surface area contributed by atoms with Gasteiger partial charge in [0.2, 0.25) is 10.2 Å². The highest BCUT2D eigenvalue weighted by molar-refractivity contribution is 8.15. The van der Waals surface area contributed by atoms with E-state index in [2.05, 4.69) is 10.3 Å². The van der Waals surface area contributed by atoms with Gasteiger partial charge in [0.05, 0.1) is 6.26 Å². The molecule has 2 aromatic heterocycles. The van der Waals surface area contributed by atoms with Crippen molar-refractivity contribution in [1.82, 2.24) is 4.98 Å². The summed E-state index contributed by atoms with van der Waals surface area (Å²) in [6.45, 7) is 1.31. The molecule has 18 heavy (non-hydrogen) atoms. The normalized spacial score (nSPS) is 11.4. The summed E-state index contributed by atoms with van der Waals surface area (Å²) in [7, 11) is 1.27. The summed E-state index contributed by atoms with van der Waals surface area (Å²) in [5.74, 6) is 0.00606. The molecule has 0 aromatic carbocycles. The molecule has 0 aliphatic heterocycles. The number of anilines is 1. The van der Waals surface area contributed by atoms with E-state index in [0.29, 0.717) is 5.76 Å². The summed E-state index contributed by atoms with van der Waals surface area (Å²) >= 11 is 0.770. The van der Waals surface area contributed by atoms with Crippen LogP contribution in [0.3, 0.4) is 0 Å². The first-order valence-electron chi connectivity index (χ1n) is 4.65. The van der Waals surface area contributed by atoms with Crippen molar-refractivity contribution < 1.29 is 17.6 Å². The van der Waals surface area contributed by atoms with E-state index in [-0.39, 0.29) is 20.9 Å². The summed E-state index contributed by atoms with van der Waals surface area (Å²) in [4.78, 5) is 14.9. The third-order valence-corrected chi connectivity index (χ3v) is 4.76. The minimum atomic E-state index is -3.94. The molecule has 0 unspecified atom stereocenters. The highest BCUT2D eigenvalue weighted by atomic mass is 35.7. The number of furan rings is 1. The first-order chi connectivity index (χ1) is 8.38. The summed E-state index contributed by atoms with van der Waals surface area (Å²) in [6, 6.07) is 3.23. The molecule has 0 fully saturated rings. The van der Waals surface area contributed by atoms with Gasteiger partial charge in [-0.1, -0.05) is 11.3 Å². The minimum absolute atomic E-state index is 0.236. The van der Waals surface area contributed by atoms with Crippen LogP contribution in [-0.2, 0) is 13.8 Å². The van der Waals surface area contributed by atoms with Crippen LogP contribution in [0.1, 0.15) is 6.92 Å². The van der Waals surface area contributed by atoms with Gasteiger partial charge in [-0.2, -0.15) is 0 Å². The molecule has 0 bridgehead atoms. The molecule has 2 heterocycles. The fourth-order valence-electron chi connectivity index (χ4n) is 1.23. The number of hydrogen-bond donors (Lipinski definition) is 1. The number of amides is 1. The van der Waals surface area contributed by atoms with Crippen LogP contribution in [0.4, 0.5) is 5.00 Å². The lowest BCUT2D eigenvalue weighted by atomic mass is 10.3. The second kappa shape index (κ2) is 4.71. The van der Waals surface area contributed by atoms with E-state index in [1.54, 1.807) is 12.1 Å². The van der Waals surface area contributed by atoms with Crippen LogP contribution in [0.5, 0.6) is 0 Å². The number of carbonyl (C=O) groups excluding carboxylic acids is 1. The van der Waals surface area contributed by atoms with Crippen LogP contribution >= 0.6 is 22.0 Å². The fraction of sp³-hybridized carbons (Fsp3) is 0.111. The van der Waals surface area contributed by atoms with Crippen LogP contribution in [0.2, 0.25) is 0 Å². The van der Waals surface area contributed by atoms with Crippen molar-refractivity contribution in [2.45, 2.75) is 11.3 Å². The number of rotatable bonds is 3. The maximum Gasteiger partial charge on any atom is 0.288 e. The van der Waals surface area contributed by atoms with E-state index < -0.39 is 9.05 Å². The Kier molecular flexibility index (Phi) is 3.42. The Morgan fingerprint density at radius 1 is 1.56 bits per heavy atom. The summed E-state index contributed by atoms with van der Waals surface area (Å²) in [6.07, 6.45) is 1.42. The van der Waals surface area contributed by atoms with Crippen LogP contribution in [0.15, 0.2) is 27.2 Å². The Balaban J connectivity index is 2.56. The smallest absolute Gasteiger partial charge is 0.288 e. The van der Waals surface area contributed by atoms with Gasteiger partial charge in [0.1, 0.15) is 10.7 Å². The van der Waals surface area contributed by atoms with Crippen LogP contribution in [-0.4, -0.2) is 19.3 Å². The second-order valence-electron chi connectivity index (χ2n) is 3.25. The van der Waals surface area contributed by atoms with E-state index in [4.69, 9.17) is 15.1 Å². The molecule has 0 saturated heterocycles. The van der Waals surface area contributed by atoms with E-state index >= 15 is 0 Å². The number of carbonyl (C=O) groups is 1. The third kappa shape index (κ3) is 2.71. The van der Waals surface area contributed by atoms with E-state index in [1.807, 2.05) is 0 Å². The molecule has 0 atom stereocenters. The largest absolute Gasteiger partial charge is 0.463 e. The predicted octanol–water partition coefficient (Wildman–Crippen LogP) is 2.29. The van der Waals surface area contributed by atoms with Gasteiger partial charge >= 0.3 is 0 Å². The zero-order valence-corrected chi connectivity index (χ0v) is 11.4. The van der Waals surface area contributed by atoms with Crippen molar-refractivity contribution in [1.29, 1.82) is 0 Å². The molecule has 96 valence electrons. The number of halogens is 1. The molecule has 0 saturated carbocycles. The molecular weight excluding hydrogens is 300 g/mol. The zero-order valence-electron chi connectivity index (χ0n) is 9.01. The highest BCUT2D eigenvalue weighted by Gasteiger charge is 2.22. The first-order valence-corrected chi connectivity index (χ1v) is 7.77. The summed E-state index contributed by atoms with van der Waals surface area (Å²) in [5.41, 5.74) is 0.236. The van der Waals surface area contributed by atoms with E-state index in [0.717, 1.165) is 11.3 Å². The van der Waals surface area contributed by atoms with Gasteiger partial charge in [-0.3, -0.25) is 4.79 Å². The van der Waals surface area contributed by atoms with Gasteiger partial charge in [-0.25, -0.2) is 13.4 Å². The molecule has 2 rings (SSSR count).